The van der Waals surface area contributed by atoms with Gasteiger partial charge in [0.2, 0.25) is 0 Å². The van der Waals surface area contributed by atoms with Crippen molar-refractivity contribution in [2.24, 2.45) is 0 Å². The SMILES string of the molecule is [CH2]c1cccc(CC)c1OCC. The third kappa shape index (κ3) is 1.79. The van der Waals surface area contributed by atoms with Gasteiger partial charge in [0.1, 0.15) is 5.75 Å². The average Bonchev–Trinajstić information content (AvgIpc) is 2.09. The molecule has 12 heavy (non-hydrogen) atoms. The standard InChI is InChI=1S/C11H15O/c1-4-10-8-6-7-9(3)11(10)12-5-2/h6-8H,3-5H2,1-2H3. The van der Waals surface area contributed by atoms with E-state index < -0.39 is 0 Å². The van der Waals surface area contributed by atoms with Gasteiger partial charge in [-0.1, -0.05) is 25.1 Å². The maximum absolute atomic E-state index is 5.50. The van der Waals surface area contributed by atoms with Crippen molar-refractivity contribution in [2.45, 2.75) is 20.3 Å². The van der Waals surface area contributed by atoms with E-state index in [-0.39, 0.29) is 0 Å². The first kappa shape index (κ1) is 9.11. The summed E-state index contributed by atoms with van der Waals surface area (Å²) in [4.78, 5) is 0. The molecule has 0 heterocycles. The second-order valence-electron chi connectivity index (χ2n) is 2.69. The van der Waals surface area contributed by atoms with Crippen molar-refractivity contribution in [3.8, 4) is 5.75 Å². The van der Waals surface area contributed by atoms with Crippen LogP contribution in [-0.2, 0) is 6.42 Å². The van der Waals surface area contributed by atoms with Gasteiger partial charge in [-0.05, 0) is 31.4 Å². The lowest BCUT2D eigenvalue weighted by Gasteiger charge is -2.10. The molecule has 0 N–H and O–H groups in total. The van der Waals surface area contributed by atoms with Crippen molar-refractivity contribution < 1.29 is 4.74 Å². The Hall–Kier alpha value is -0.980. The van der Waals surface area contributed by atoms with Gasteiger partial charge < -0.3 is 4.74 Å². The first-order valence-electron chi connectivity index (χ1n) is 4.36. The normalized spacial score (nSPS) is 9.92. The summed E-state index contributed by atoms with van der Waals surface area (Å²) < 4.78 is 5.50. The van der Waals surface area contributed by atoms with Crippen LogP contribution >= 0.6 is 0 Å². The zero-order valence-corrected chi connectivity index (χ0v) is 7.76. The molecule has 0 fully saturated rings. The number of hydrogen-bond acceptors (Lipinski definition) is 1. The zero-order valence-electron chi connectivity index (χ0n) is 7.76. The Morgan fingerprint density at radius 1 is 1.33 bits per heavy atom. The topological polar surface area (TPSA) is 9.23 Å². The molecule has 0 amide bonds. The molecule has 0 saturated carbocycles. The van der Waals surface area contributed by atoms with Crippen molar-refractivity contribution in [2.75, 3.05) is 6.61 Å². The Bertz CT molecular complexity index is 253. The Balaban J connectivity index is 3.02. The Morgan fingerprint density at radius 3 is 2.67 bits per heavy atom. The van der Waals surface area contributed by atoms with Crippen LogP contribution in [0.2, 0.25) is 0 Å². The molecular formula is C11H15O. The van der Waals surface area contributed by atoms with Crippen molar-refractivity contribution in [3.63, 3.8) is 0 Å². The fourth-order valence-electron chi connectivity index (χ4n) is 1.25. The van der Waals surface area contributed by atoms with E-state index in [2.05, 4.69) is 19.9 Å². The van der Waals surface area contributed by atoms with Gasteiger partial charge >= 0.3 is 0 Å². The largest absolute Gasteiger partial charge is 0.493 e. The molecule has 1 aromatic rings. The van der Waals surface area contributed by atoms with E-state index in [0.29, 0.717) is 6.61 Å². The fourth-order valence-corrected chi connectivity index (χ4v) is 1.25. The smallest absolute Gasteiger partial charge is 0.125 e. The minimum absolute atomic E-state index is 0.708. The third-order valence-electron chi connectivity index (χ3n) is 1.85. The monoisotopic (exact) mass is 163 g/mol. The summed E-state index contributed by atoms with van der Waals surface area (Å²) in [5, 5.41) is 0. The van der Waals surface area contributed by atoms with E-state index in [1.807, 2.05) is 19.1 Å². The molecule has 1 aromatic carbocycles. The molecule has 0 aliphatic rings. The van der Waals surface area contributed by atoms with Crippen LogP contribution < -0.4 is 4.74 Å². The van der Waals surface area contributed by atoms with Gasteiger partial charge in [0.15, 0.2) is 0 Å². The number of rotatable bonds is 3. The molecule has 0 aliphatic carbocycles. The van der Waals surface area contributed by atoms with E-state index in [1.165, 1.54) is 5.56 Å². The highest BCUT2D eigenvalue weighted by atomic mass is 16.5. The molecule has 65 valence electrons. The summed E-state index contributed by atoms with van der Waals surface area (Å²) in [6.07, 6.45) is 0.999. The van der Waals surface area contributed by atoms with Gasteiger partial charge in [0.05, 0.1) is 6.61 Å². The molecule has 0 spiro atoms. The Labute approximate surface area is 74.4 Å². The minimum atomic E-state index is 0.708. The maximum atomic E-state index is 5.50. The molecular weight excluding hydrogens is 148 g/mol. The molecule has 1 radical (unpaired) electrons. The van der Waals surface area contributed by atoms with E-state index in [4.69, 9.17) is 4.74 Å². The van der Waals surface area contributed by atoms with Crippen LogP contribution in [-0.4, -0.2) is 6.61 Å². The van der Waals surface area contributed by atoms with Crippen molar-refractivity contribution in [3.05, 3.63) is 36.2 Å². The van der Waals surface area contributed by atoms with Gasteiger partial charge in [-0.3, -0.25) is 0 Å². The van der Waals surface area contributed by atoms with Gasteiger partial charge in [-0.2, -0.15) is 0 Å². The summed E-state index contributed by atoms with van der Waals surface area (Å²) in [5.74, 6) is 0.961. The predicted octanol–water partition coefficient (Wildman–Crippen LogP) is 2.83. The number of ether oxygens (including phenoxy) is 1. The van der Waals surface area contributed by atoms with Crippen LogP contribution in [0.1, 0.15) is 25.0 Å². The van der Waals surface area contributed by atoms with Crippen molar-refractivity contribution in [1.29, 1.82) is 0 Å². The molecule has 1 nitrogen and oxygen atoms in total. The zero-order chi connectivity index (χ0) is 8.97. The molecule has 0 saturated heterocycles. The maximum Gasteiger partial charge on any atom is 0.125 e. The van der Waals surface area contributed by atoms with Gasteiger partial charge in [-0.15, -0.1) is 0 Å². The fraction of sp³-hybridized carbons (Fsp3) is 0.364. The van der Waals surface area contributed by atoms with E-state index >= 15 is 0 Å². The number of hydrogen-bond donors (Lipinski definition) is 0. The first-order chi connectivity index (χ1) is 5.79. The molecule has 0 atom stereocenters. The van der Waals surface area contributed by atoms with Crippen LogP contribution in [0.3, 0.4) is 0 Å². The second-order valence-corrected chi connectivity index (χ2v) is 2.69. The van der Waals surface area contributed by atoms with E-state index in [0.717, 1.165) is 17.7 Å². The number of aryl methyl sites for hydroxylation is 1. The highest BCUT2D eigenvalue weighted by Gasteiger charge is 2.03. The molecule has 1 heteroatoms. The van der Waals surface area contributed by atoms with Crippen molar-refractivity contribution in [1.82, 2.24) is 0 Å². The van der Waals surface area contributed by atoms with Crippen LogP contribution in [0.25, 0.3) is 0 Å². The molecule has 1 rings (SSSR count). The summed E-state index contributed by atoms with van der Waals surface area (Å²) in [6, 6.07) is 6.08. The highest BCUT2D eigenvalue weighted by molar-refractivity contribution is 5.43. The molecule has 0 unspecified atom stereocenters. The van der Waals surface area contributed by atoms with Gasteiger partial charge in [0, 0.05) is 0 Å². The summed E-state index contributed by atoms with van der Waals surface area (Å²) in [7, 11) is 0. The second kappa shape index (κ2) is 4.15. The Kier molecular flexibility index (Phi) is 3.15. The van der Waals surface area contributed by atoms with E-state index in [9.17, 15) is 0 Å². The third-order valence-corrected chi connectivity index (χ3v) is 1.85. The lowest BCUT2D eigenvalue weighted by atomic mass is 10.1. The number of benzene rings is 1. The molecule has 0 aromatic heterocycles. The molecule has 0 aliphatic heterocycles. The predicted molar refractivity (Wildman–Crippen MR) is 51.4 cm³/mol. The van der Waals surface area contributed by atoms with Crippen LogP contribution in [0.4, 0.5) is 0 Å². The Morgan fingerprint density at radius 2 is 2.08 bits per heavy atom. The molecule has 0 bridgehead atoms. The quantitative estimate of drug-likeness (QED) is 0.665. The van der Waals surface area contributed by atoms with Crippen LogP contribution in [0.5, 0.6) is 5.75 Å². The minimum Gasteiger partial charge on any atom is -0.493 e. The van der Waals surface area contributed by atoms with Gasteiger partial charge in [0.25, 0.3) is 0 Å². The van der Waals surface area contributed by atoms with E-state index in [1.54, 1.807) is 0 Å². The van der Waals surface area contributed by atoms with Crippen molar-refractivity contribution >= 4 is 0 Å². The number of para-hydroxylation sites is 1. The lowest BCUT2D eigenvalue weighted by Crippen LogP contribution is -1.97. The lowest BCUT2D eigenvalue weighted by molar-refractivity contribution is 0.335. The summed E-state index contributed by atoms with van der Waals surface area (Å²) >= 11 is 0. The highest BCUT2D eigenvalue weighted by Crippen LogP contribution is 2.23. The van der Waals surface area contributed by atoms with Crippen LogP contribution in [0, 0.1) is 6.92 Å². The van der Waals surface area contributed by atoms with Crippen LogP contribution in [0.15, 0.2) is 18.2 Å². The summed E-state index contributed by atoms with van der Waals surface area (Å²) in [6.45, 7) is 8.74. The summed E-state index contributed by atoms with van der Waals surface area (Å²) in [5.41, 5.74) is 2.22. The van der Waals surface area contributed by atoms with Gasteiger partial charge in [-0.25, -0.2) is 0 Å². The first-order valence-corrected chi connectivity index (χ1v) is 4.36. The average molecular weight is 163 g/mol.